The number of nitrogens with zero attached hydrogens (tertiary/aromatic N) is 1. The van der Waals surface area contributed by atoms with Gasteiger partial charge in [-0.3, -0.25) is 0 Å². The number of aromatic nitrogens is 1. The van der Waals surface area contributed by atoms with E-state index in [9.17, 15) is 0 Å². The first-order chi connectivity index (χ1) is 9.85. The highest BCUT2D eigenvalue weighted by molar-refractivity contribution is 7.99. The van der Waals surface area contributed by atoms with E-state index in [0.29, 0.717) is 0 Å². The van der Waals surface area contributed by atoms with Crippen LogP contribution in [-0.2, 0) is 13.1 Å². The Morgan fingerprint density at radius 2 is 2.10 bits per heavy atom. The van der Waals surface area contributed by atoms with E-state index in [2.05, 4.69) is 66.0 Å². The van der Waals surface area contributed by atoms with Crippen LogP contribution in [0.5, 0.6) is 0 Å². The smallest absolute Gasteiger partial charge is 0.0553 e. The molecule has 1 N–H and O–H groups in total. The van der Waals surface area contributed by atoms with E-state index in [0.717, 1.165) is 25.3 Å². The van der Waals surface area contributed by atoms with Crippen molar-refractivity contribution >= 4 is 17.4 Å². The molecule has 0 saturated heterocycles. The second kappa shape index (κ2) is 7.85. The fraction of sp³-hybridized carbons (Fsp3) is 0.294. The van der Waals surface area contributed by atoms with Gasteiger partial charge in [0.05, 0.1) is 6.54 Å². The van der Waals surface area contributed by atoms with Crippen molar-refractivity contribution in [2.75, 3.05) is 11.1 Å². The molecule has 0 saturated carbocycles. The molecule has 0 aliphatic carbocycles. The molecule has 3 heteroatoms. The lowest BCUT2D eigenvalue weighted by atomic mass is 10.3. The van der Waals surface area contributed by atoms with Crippen LogP contribution in [0.25, 0.3) is 0 Å². The van der Waals surface area contributed by atoms with Crippen molar-refractivity contribution in [3.05, 3.63) is 60.9 Å². The molecule has 1 heterocycles. The average molecular weight is 286 g/mol. The molecule has 0 amide bonds. The van der Waals surface area contributed by atoms with Crippen molar-refractivity contribution in [1.82, 2.24) is 4.57 Å². The summed E-state index contributed by atoms with van der Waals surface area (Å²) in [6.45, 7) is 7.93. The summed E-state index contributed by atoms with van der Waals surface area (Å²) in [5, 5.41) is 3.55. The van der Waals surface area contributed by atoms with Crippen LogP contribution in [-0.4, -0.2) is 10.3 Å². The van der Waals surface area contributed by atoms with Crippen molar-refractivity contribution in [2.24, 2.45) is 0 Å². The number of benzene rings is 1. The highest BCUT2D eigenvalue weighted by atomic mass is 32.2. The van der Waals surface area contributed by atoms with Gasteiger partial charge in [-0.15, -0.1) is 18.3 Å². The summed E-state index contributed by atoms with van der Waals surface area (Å²) in [7, 11) is 0. The zero-order valence-corrected chi connectivity index (χ0v) is 12.8. The Bertz CT molecular complexity index is 545. The molecule has 2 rings (SSSR count). The lowest BCUT2D eigenvalue weighted by molar-refractivity contribution is 0.654. The first-order valence-electron chi connectivity index (χ1n) is 7.05. The van der Waals surface area contributed by atoms with Crippen LogP contribution in [0.1, 0.15) is 19.0 Å². The molecule has 20 heavy (non-hydrogen) atoms. The Hall–Kier alpha value is -1.61. The molecular weight excluding hydrogens is 264 g/mol. The molecule has 0 bridgehead atoms. The molecule has 0 fully saturated rings. The van der Waals surface area contributed by atoms with Crippen LogP contribution < -0.4 is 5.32 Å². The van der Waals surface area contributed by atoms with Gasteiger partial charge in [-0.05, 0) is 30.7 Å². The molecule has 0 aliphatic heterocycles. The monoisotopic (exact) mass is 286 g/mol. The van der Waals surface area contributed by atoms with Crippen LogP contribution in [0.3, 0.4) is 0 Å². The molecule has 1 aromatic heterocycles. The van der Waals surface area contributed by atoms with Crippen LogP contribution in [0, 0.1) is 0 Å². The third kappa shape index (κ3) is 3.94. The fourth-order valence-corrected chi connectivity index (χ4v) is 2.91. The third-order valence-corrected chi connectivity index (χ3v) is 4.16. The SMILES string of the molecule is C=CCSc1ccccc1NCc1cccn1CCC. The summed E-state index contributed by atoms with van der Waals surface area (Å²) >= 11 is 1.81. The van der Waals surface area contributed by atoms with Gasteiger partial charge < -0.3 is 9.88 Å². The van der Waals surface area contributed by atoms with E-state index in [1.165, 1.54) is 16.3 Å². The van der Waals surface area contributed by atoms with E-state index in [1.54, 1.807) is 0 Å². The summed E-state index contributed by atoms with van der Waals surface area (Å²) in [4.78, 5) is 1.28. The summed E-state index contributed by atoms with van der Waals surface area (Å²) in [6.07, 6.45) is 5.25. The molecule has 2 nitrogen and oxygen atoms in total. The third-order valence-electron chi connectivity index (χ3n) is 3.09. The maximum atomic E-state index is 3.78. The number of aryl methyl sites for hydroxylation is 1. The number of nitrogens with one attached hydrogen (secondary N) is 1. The van der Waals surface area contributed by atoms with Gasteiger partial charge >= 0.3 is 0 Å². The van der Waals surface area contributed by atoms with Gasteiger partial charge in [0.25, 0.3) is 0 Å². The topological polar surface area (TPSA) is 17.0 Å². The number of para-hydroxylation sites is 1. The second-order valence-corrected chi connectivity index (χ2v) is 5.70. The Kier molecular flexibility index (Phi) is 5.81. The summed E-state index contributed by atoms with van der Waals surface area (Å²) in [6, 6.07) is 12.7. The minimum atomic E-state index is 0.860. The van der Waals surface area contributed by atoms with Gasteiger partial charge in [-0.2, -0.15) is 0 Å². The second-order valence-electron chi connectivity index (χ2n) is 4.64. The van der Waals surface area contributed by atoms with Crippen molar-refractivity contribution in [2.45, 2.75) is 31.3 Å². The largest absolute Gasteiger partial charge is 0.379 e. The number of anilines is 1. The molecule has 2 aromatic rings. The maximum Gasteiger partial charge on any atom is 0.0553 e. The normalized spacial score (nSPS) is 10.4. The fourth-order valence-electron chi connectivity index (χ4n) is 2.14. The minimum absolute atomic E-state index is 0.860. The Labute approximate surface area is 125 Å². The molecule has 0 radical (unpaired) electrons. The standard InChI is InChI=1S/C17H22N2S/c1-3-11-19-12-7-8-15(19)14-18-16-9-5-6-10-17(16)20-13-4-2/h4-10,12,18H,2-3,11,13-14H2,1H3. The van der Waals surface area contributed by atoms with Crippen LogP contribution in [0.2, 0.25) is 0 Å². The van der Waals surface area contributed by atoms with Gasteiger partial charge in [0.15, 0.2) is 0 Å². The molecule has 0 spiro atoms. The Morgan fingerprint density at radius 1 is 1.25 bits per heavy atom. The maximum absolute atomic E-state index is 3.78. The van der Waals surface area contributed by atoms with E-state index >= 15 is 0 Å². The van der Waals surface area contributed by atoms with E-state index in [1.807, 2.05) is 17.8 Å². The van der Waals surface area contributed by atoms with Gasteiger partial charge in [-0.1, -0.05) is 25.1 Å². The Morgan fingerprint density at radius 3 is 2.90 bits per heavy atom. The van der Waals surface area contributed by atoms with Crippen LogP contribution in [0.15, 0.2) is 60.1 Å². The van der Waals surface area contributed by atoms with E-state index < -0.39 is 0 Å². The molecule has 106 valence electrons. The summed E-state index contributed by atoms with van der Waals surface area (Å²) < 4.78 is 2.31. The highest BCUT2D eigenvalue weighted by Crippen LogP contribution is 2.27. The highest BCUT2D eigenvalue weighted by Gasteiger charge is 2.03. The molecule has 0 aliphatic rings. The van der Waals surface area contributed by atoms with Gasteiger partial charge in [0.2, 0.25) is 0 Å². The van der Waals surface area contributed by atoms with Crippen LogP contribution >= 0.6 is 11.8 Å². The van der Waals surface area contributed by atoms with E-state index in [4.69, 9.17) is 0 Å². The lowest BCUT2D eigenvalue weighted by Gasteiger charge is -2.13. The summed E-state index contributed by atoms with van der Waals surface area (Å²) in [5.41, 5.74) is 2.53. The molecular formula is C17H22N2S. The first-order valence-corrected chi connectivity index (χ1v) is 8.04. The number of hydrogen-bond acceptors (Lipinski definition) is 2. The predicted octanol–water partition coefficient (Wildman–Crippen LogP) is 4.79. The molecule has 0 unspecified atom stereocenters. The van der Waals surface area contributed by atoms with Gasteiger partial charge in [0.1, 0.15) is 0 Å². The van der Waals surface area contributed by atoms with Crippen molar-refractivity contribution in [3.8, 4) is 0 Å². The van der Waals surface area contributed by atoms with E-state index in [-0.39, 0.29) is 0 Å². The lowest BCUT2D eigenvalue weighted by Crippen LogP contribution is -2.07. The van der Waals surface area contributed by atoms with Crippen molar-refractivity contribution in [3.63, 3.8) is 0 Å². The number of thioether (sulfide) groups is 1. The van der Waals surface area contributed by atoms with Crippen LogP contribution in [0.4, 0.5) is 5.69 Å². The number of hydrogen-bond donors (Lipinski definition) is 1. The average Bonchev–Trinajstić information content (AvgIpc) is 2.91. The zero-order chi connectivity index (χ0) is 14.2. The zero-order valence-electron chi connectivity index (χ0n) is 12.0. The van der Waals surface area contributed by atoms with Gasteiger partial charge in [-0.25, -0.2) is 0 Å². The van der Waals surface area contributed by atoms with Gasteiger partial charge in [0, 0.05) is 34.8 Å². The minimum Gasteiger partial charge on any atom is -0.379 e. The summed E-state index contributed by atoms with van der Waals surface area (Å²) in [5.74, 6) is 0.935. The molecule has 0 atom stereocenters. The number of rotatable bonds is 8. The Balaban J connectivity index is 2.02. The predicted molar refractivity (Wildman–Crippen MR) is 89.4 cm³/mol. The van der Waals surface area contributed by atoms with Crippen molar-refractivity contribution < 1.29 is 0 Å². The quantitative estimate of drug-likeness (QED) is 0.555. The molecule has 1 aromatic carbocycles. The van der Waals surface area contributed by atoms with Crippen molar-refractivity contribution in [1.29, 1.82) is 0 Å². The first kappa shape index (κ1) is 14.8.